The van der Waals surface area contributed by atoms with E-state index >= 15 is 0 Å². The smallest absolute Gasteiger partial charge is 0.347 e. The largest absolute Gasteiger partial charge is 0.360 e. The molecular weight excluding hydrogens is 334 g/mol. The Bertz CT molecular complexity index is 1040. The lowest BCUT2D eigenvalue weighted by Gasteiger charge is -2.13. The zero-order valence-electron chi connectivity index (χ0n) is 13.2. The molecule has 9 nitrogen and oxygen atoms in total. The van der Waals surface area contributed by atoms with Crippen LogP contribution in [0.15, 0.2) is 38.7 Å². The number of aryl methyl sites for hydroxylation is 2. The molecule has 0 radical (unpaired) electrons. The number of nitrogens with one attached hydrogen (secondary N) is 2. The van der Waals surface area contributed by atoms with Crippen molar-refractivity contribution >= 4 is 15.7 Å². The van der Waals surface area contributed by atoms with E-state index in [4.69, 9.17) is 4.52 Å². The minimum Gasteiger partial charge on any atom is -0.360 e. The lowest BCUT2D eigenvalue weighted by Crippen LogP contribution is -2.18. The molecule has 0 aliphatic heterocycles. The molecule has 2 aromatic heterocycles. The zero-order chi connectivity index (χ0) is 17.5. The first-order valence-electron chi connectivity index (χ1n) is 6.99. The molecule has 24 heavy (non-hydrogen) atoms. The Hall–Kier alpha value is -2.88. The molecule has 0 saturated heterocycles. The summed E-state index contributed by atoms with van der Waals surface area (Å²) in [5, 5.41) is 9.64. The summed E-state index contributed by atoms with van der Waals surface area (Å²) < 4.78 is 34.0. The molecule has 0 spiro atoms. The summed E-state index contributed by atoms with van der Waals surface area (Å²) in [5.74, 6) is 0.208. The van der Waals surface area contributed by atoms with E-state index in [0.29, 0.717) is 16.9 Å². The minimum absolute atomic E-state index is 0.00720. The average molecular weight is 349 g/mol. The van der Waals surface area contributed by atoms with E-state index in [-0.39, 0.29) is 16.3 Å². The van der Waals surface area contributed by atoms with E-state index in [2.05, 4.69) is 20.1 Å². The van der Waals surface area contributed by atoms with Gasteiger partial charge in [-0.25, -0.2) is 22.9 Å². The lowest BCUT2D eigenvalue weighted by molar-refractivity contribution is 0.390. The lowest BCUT2D eigenvalue weighted by atomic mass is 10.1. The third-order valence-electron chi connectivity index (χ3n) is 3.60. The molecule has 2 N–H and O–H groups in total. The molecule has 126 valence electrons. The summed E-state index contributed by atoms with van der Waals surface area (Å²) >= 11 is 0. The number of nitrogens with zero attached hydrogens (tertiary/aromatic N) is 3. The molecule has 3 aromatic rings. The maximum Gasteiger partial charge on any atom is 0.347 e. The SMILES string of the molecule is Cc1noc(C)c1S(=O)(=O)Nc1cccc(-n2cn[nH]c2=O)c1C. The molecule has 0 saturated carbocycles. The fourth-order valence-corrected chi connectivity index (χ4v) is 3.92. The van der Waals surface area contributed by atoms with Gasteiger partial charge in [0.2, 0.25) is 0 Å². The van der Waals surface area contributed by atoms with Crippen LogP contribution >= 0.6 is 0 Å². The number of aromatic amines is 1. The van der Waals surface area contributed by atoms with Crippen LogP contribution in [0.25, 0.3) is 5.69 Å². The summed E-state index contributed by atoms with van der Waals surface area (Å²) in [5.41, 5.74) is 1.31. The van der Waals surface area contributed by atoms with Crippen molar-refractivity contribution in [2.75, 3.05) is 4.72 Å². The van der Waals surface area contributed by atoms with E-state index in [1.807, 2.05) is 0 Å². The predicted octanol–water partition coefficient (Wildman–Crippen LogP) is 1.27. The van der Waals surface area contributed by atoms with Crippen molar-refractivity contribution in [3.8, 4) is 5.69 Å². The van der Waals surface area contributed by atoms with Crippen molar-refractivity contribution < 1.29 is 12.9 Å². The van der Waals surface area contributed by atoms with Gasteiger partial charge in [0.05, 0.1) is 11.4 Å². The summed E-state index contributed by atoms with van der Waals surface area (Å²) in [7, 11) is -3.87. The highest BCUT2D eigenvalue weighted by atomic mass is 32.2. The second-order valence-corrected chi connectivity index (χ2v) is 6.86. The van der Waals surface area contributed by atoms with Crippen molar-refractivity contribution in [2.45, 2.75) is 25.7 Å². The molecule has 0 amide bonds. The summed E-state index contributed by atoms with van der Waals surface area (Å²) in [6, 6.07) is 4.95. The fraction of sp³-hybridized carbons (Fsp3) is 0.214. The predicted molar refractivity (Wildman–Crippen MR) is 85.7 cm³/mol. The molecule has 0 fully saturated rings. The van der Waals surface area contributed by atoms with Gasteiger partial charge in [0.15, 0.2) is 10.7 Å². The van der Waals surface area contributed by atoms with Crippen LogP contribution in [0, 0.1) is 20.8 Å². The van der Waals surface area contributed by atoms with Crippen molar-refractivity contribution in [3.63, 3.8) is 0 Å². The van der Waals surface area contributed by atoms with Crippen LogP contribution in [0.2, 0.25) is 0 Å². The molecule has 10 heteroatoms. The second kappa shape index (κ2) is 5.64. The number of H-pyrrole nitrogens is 1. The quantitative estimate of drug-likeness (QED) is 0.731. The van der Waals surface area contributed by atoms with Crippen molar-refractivity contribution in [2.24, 2.45) is 0 Å². The third kappa shape index (κ3) is 2.60. The van der Waals surface area contributed by atoms with Crippen LogP contribution in [0.4, 0.5) is 5.69 Å². The minimum atomic E-state index is -3.87. The van der Waals surface area contributed by atoms with E-state index in [9.17, 15) is 13.2 Å². The number of sulfonamides is 1. The molecule has 0 aliphatic carbocycles. The maximum absolute atomic E-state index is 12.6. The summed E-state index contributed by atoms with van der Waals surface area (Å²) in [4.78, 5) is 11.7. The van der Waals surface area contributed by atoms with Crippen molar-refractivity contribution in [1.82, 2.24) is 19.9 Å². The molecule has 0 unspecified atom stereocenters. The molecule has 2 heterocycles. The molecular formula is C14H15N5O4S. The van der Waals surface area contributed by atoms with Gasteiger partial charge in [-0.15, -0.1) is 0 Å². The highest BCUT2D eigenvalue weighted by Gasteiger charge is 2.25. The summed E-state index contributed by atoms with van der Waals surface area (Å²) in [6.07, 6.45) is 1.33. The van der Waals surface area contributed by atoms with Gasteiger partial charge in [0.25, 0.3) is 10.0 Å². The van der Waals surface area contributed by atoms with Gasteiger partial charge in [0.1, 0.15) is 12.0 Å². The fourth-order valence-electron chi connectivity index (χ4n) is 2.47. The Morgan fingerprint density at radius 3 is 2.58 bits per heavy atom. The Labute approximate surface area is 137 Å². The van der Waals surface area contributed by atoms with Gasteiger partial charge >= 0.3 is 5.69 Å². The normalized spacial score (nSPS) is 11.6. The van der Waals surface area contributed by atoms with Crippen LogP contribution in [0.5, 0.6) is 0 Å². The van der Waals surface area contributed by atoms with Crippen LogP contribution in [0.1, 0.15) is 17.0 Å². The van der Waals surface area contributed by atoms with Crippen molar-refractivity contribution in [1.29, 1.82) is 0 Å². The zero-order valence-corrected chi connectivity index (χ0v) is 14.0. The number of rotatable bonds is 4. The third-order valence-corrected chi connectivity index (χ3v) is 5.21. The van der Waals surface area contributed by atoms with Gasteiger partial charge in [-0.2, -0.15) is 5.10 Å². The number of aromatic nitrogens is 4. The van der Waals surface area contributed by atoms with E-state index in [1.165, 1.54) is 17.8 Å². The Morgan fingerprint density at radius 1 is 1.25 bits per heavy atom. The number of benzene rings is 1. The summed E-state index contributed by atoms with van der Waals surface area (Å²) in [6.45, 7) is 4.79. The van der Waals surface area contributed by atoms with E-state index in [0.717, 1.165) is 0 Å². The second-order valence-electron chi connectivity index (χ2n) is 5.24. The highest BCUT2D eigenvalue weighted by molar-refractivity contribution is 7.92. The molecule has 1 aromatic carbocycles. The van der Waals surface area contributed by atoms with Gasteiger partial charge in [-0.05, 0) is 38.5 Å². The van der Waals surface area contributed by atoms with Crippen LogP contribution in [-0.2, 0) is 10.0 Å². The van der Waals surface area contributed by atoms with Crippen molar-refractivity contribution in [3.05, 3.63) is 52.0 Å². The highest BCUT2D eigenvalue weighted by Crippen LogP contribution is 2.26. The first kappa shape index (κ1) is 16.0. The molecule has 0 atom stereocenters. The monoisotopic (exact) mass is 349 g/mol. The topological polar surface area (TPSA) is 123 Å². The van der Waals surface area contributed by atoms with Crippen LogP contribution in [0.3, 0.4) is 0 Å². The molecule has 0 bridgehead atoms. The maximum atomic E-state index is 12.6. The Balaban J connectivity index is 2.06. The number of hydrogen-bond donors (Lipinski definition) is 2. The Morgan fingerprint density at radius 2 is 2.00 bits per heavy atom. The van der Waals surface area contributed by atoms with E-state index in [1.54, 1.807) is 32.0 Å². The number of anilines is 1. The van der Waals surface area contributed by atoms with Crippen LogP contribution in [-0.4, -0.2) is 28.3 Å². The van der Waals surface area contributed by atoms with Gasteiger partial charge in [-0.3, -0.25) is 4.72 Å². The number of hydrogen-bond acceptors (Lipinski definition) is 6. The first-order chi connectivity index (χ1) is 11.3. The molecule has 0 aliphatic rings. The van der Waals surface area contributed by atoms with Gasteiger partial charge in [0, 0.05) is 0 Å². The van der Waals surface area contributed by atoms with Gasteiger partial charge in [-0.1, -0.05) is 11.2 Å². The standard InChI is InChI=1S/C14H15N5O4S/c1-8-11(5-4-6-12(8)19-7-15-16-14(19)20)18-24(21,22)13-9(2)17-23-10(13)3/h4-7,18H,1-3H3,(H,16,20). The molecule has 3 rings (SSSR count). The Kier molecular flexibility index (Phi) is 3.76. The average Bonchev–Trinajstić information content (AvgIpc) is 3.07. The van der Waals surface area contributed by atoms with E-state index < -0.39 is 15.7 Å². The van der Waals surface area contributed by atoms with Gasteiger partial charge < -0.3 is 4.52 Å². The van der Waals surface area contributed by atoms with Crippen LogP contribution < -0.4 is 10.4 Å². The first-order valence-corrected chi connectivity index (χ1v) is 8.47.